The first-order chi connectivity index (χ1) is 16.8. The molecule has 35 heavy (non-hydrogen) atoms. The lowest BCUT2D eigenvalue weighted by Gasteiger charge is -2.37. The molecular formula is C29H34FN3O2. The lowest BCUT2D eigenvalue weighted by molar-refractivity contribution is -0.137. The minimum absolute atomic E-state index is 0.00650. The van der Waals surface area contributed by atoms with E-state index in [1.165, 1.54) is 6.07 Å². The molecule has 0 saturated heterocycles. The Morgan fingerprint density at radius 3 is 2.11 bits per heavy atom. The fraction of sp³-hybridized carbons (Fsp3) is 0.345. The summed E-state index contributed by atoms with van der Waals surface area (Å²) in [4.78, 5) is 33.3. The fourth-order valence-corrected chi connectivity index (χ4v) is 4.61. The summed E-state index contributed by atoms with van der Waals surface area (Å²) in [6.45, 7) is 8.07. The molecule has 2 unspecified atom stereocenters. The van der Waals surface area contributed by atoms with E-state index in [9.17, 15) is 14.0 Å². The lowest BCUT2D eigenvalue weighted by atomic mass is 9.78. The van der Waals surface area contributed by atoms with Crippen LogP contribution in [0.4, 0.5) is 4.39 Å². The highest BCUT2D eigenvalue weighted by Gasteiger charge is 2.37. The van der Waals surface area contributed by atoms with Crippen LogP contribution in [0, 0.1) is 5.82 Å². The number of nitrogens with one attached hydrogen (secondary N) is 1. The Hall–Kier alpha value is -3.54. The molecule has 2 aromatic carbocycles. The van der Waals surface area contributed by atoms with Gasteiger partial charge in [-0.1, -0.05) is 54.6 Å². The summed E-state index contributed by atoms with van der Waals surface area (Å²) in [7, 11) is 0. The maximum atomic E-state index is 14.1. The van der Waals surface area contributed by atoms with Crippen molar-refractivity contribution in [2.75, 3.05) is 0 Å². The molecule has 0 spiro atoms. The number of carbonyl (C=O) groups is 2. The average molecular weight is 476 g/mol. The highest BCUT2D eigenvalue weighted by atomic mass is 19.1. The maximum absolute atomic E-state index is 14.1. The largest absolute Gasteiger partial charge is 0.352 e. The zero-order chi connectivity index (χ0) is 25.4. The SMILES string of the molecule is CC(C)N(C(=O)C(c1cccnc1)C(CC(=O)NCc1ccccc1F)c1ccccc1)C(C)C. The number of hydrogen-bond acceptors (Lipinski definition) is 3. The van der Waals surface area contributed by atoms with Crippen LogP contribution in [0.25, 0.3) is 0 Å². The third-order valence-corrected chi connectivity index (χ3v) is 6.15. The Balaban J connectivity index is 1.97. The van der Waals surface area contributed by atoms with Gasteiger partial charge in [0.2, 0.25) is 11.8 Å². The summed E-state index contributed by atoms with van der Waals surface area (Å²) < 4.78 is 14.1. The molecule has 3 aromatic rings. The lowest BCUT2D eigenvalue weighted by Crippen LogP contribution is -2.46. The van der Waals surface area contributed by atoms with Crippen LogP contribution in [0.2, 0.25) is 0 Å². The summed E-state index contributed by atoms with van der Waals surface area (Å²) in [5, 5.41) is 2.84. The molecule has 0 fully saturated rings. The maximum Gasteiger partial charge on any atom is 0.231 e. The molecule has 0 bridgehead atoms. The van der Waals surface area contributed by atoms with E-state index in [0.29, 0.717) is 5.56 Å². The van der Waals surface area contributed by atoms with Crippen LogP contribution in [0.3, 0.4) is 0 Å². The van der Waals surface area contributed by atoms with Crippen LogP contribution in [-0.2, 0) is 16.1 Å². The van der Waals surface area contributed by atoms with Gasteiger partial charge in [0.05, 0.1) is 5.92 Å². The van der Waals surface area contributed by atoms with Gasteiger partial charge in [0, 0.05) is 48.9 Å². The van der Waals surface area contributed by atoms with Crippen LogP contribution in [0.5, 0.6) is 0 Å². The van der Waals surface area contributed by atoms with Crippen molar-refractivity contribution in [3.05, 3.63) is 102 Å². The van der Waals surface area contributed by atoms with Crippen molar-refractivity contribution in [3.63, 3.8) is 0 Å². The van der Waals surface area contributed by atoms with Crippen molar-refractivity contribution < 1.29 is 14.0 Å². The van der Waals surface area contributed by atoms with E-state index in [1.54, 1.807) is 30.6 Å². The van der Waals surface area contributed by atoms with Crippen molar-refractivity contribution in [1.82, 2.24) is 15.2 Å². The van der Waals surface area contributed by atoms with Gasteiger partial charge < -0.3 is 10.2 Å². The first kappa shape index (κ1) is 26.1. The van der Waals surface area contributed by atoms with E-state index in [-0.39, 0.29) is 42.7 Å². The van der Waals surface area contributed by atoms with Gasteiger partial charge in [-0.2, -0.15) is 0 Å². The molecule has 1 N–H and O–H groups in total. The number of hydrogen-bond donors (Lipinski definition) is 1. The number of aromatic nitrogens is 1. The van der Waals surface area contributed by atoms with Crippen LogP contribution in [0.1, 0.15) is 62.6 Å². The first-order valence-corrected chi connectivity index (χ1v) is 12.1. The molecule has 0 radical (unpaired) electrons. The minimum atomic E-state index is -0.602. The summed E-state index contributed by atoms with van der Waals surface area (Å²) in [5.41, 5.74) is 2.07. The van der Waals surface area contributed by atoms with E-state index < -0.39 is 11.8 Å². The molecule has 1 aromatic heterocycles. The predicted octanol–water partition coefficient (Wildman–Crippen LogP) is 5.44. The van der Waals surface area contributed by atoms with Gasteiger partial charge in [0.1, 0.15) is 5.82 Å². The van der Waals surface area contributed by atoms with E-state index in [4.69, 9.17) is 0 Å². The second kappa shape index (κ2) is 12.2. The number of nitrogens with zero attached hydrogens (tertiary/aromatic N) is 2. The molecule has 3 rings (SSSR count). The monoisotopic (exact) mass is 475 g/mol. The highest BCUT2D eigenvalue weighted by molar-refractivity contribution is 5.87. The number of halogens is 1. The van der Waals surface area contributed by atoms with Gasteiger partial charge in [0.15, 0.2) is 0 Å². The Bertz CT molecular complexity index is 1100. The molecule has 2 atom stereocenters. The smallest absolute Gasteiger partial charge is 0.231 e. The standard InChI is InChI=1S/C29H34FN3O2/c1-20(2)33(21(3)4)29(35)28(24-14-10-16-31-18-24)25(22-11-6-5-7-12-22)17-27(34)32-19-23-13-8-9-15-26(23)30/h5-16,18,20-21,25,28H,17,19H2,1-4H3,(H,32,34). The Kier molecular flexibility index (Phi) is 9.12. The third-order valence-electron chi connectivity index (χ3n) is 6.15. The molecular weight excluding hydrogens is 441 g/mol. The number of amides is 2. The molecule has 6 heteroatoms. The van der Waals surface area contributed by atoms with Crippen LogP contribution in [-0.4, -0.2) is 33.8 Å². The predicted molar refractivity (Wildman–Crippen MR) is 136 cm³/mol. The fourth-order valence-electron chi connectivity index (χ4n) is 4.61. The van der Waals surface area contributed by atoms with Crippen molar-refractivity contribution in [1.29, 1.82) is 0 Å². The molecule has 0 saturated carbocycles. The molecule has 2 amide bonds. The highest BCUT2D eigenvalue weighted by Crippen LogP contribution is 2.38. The van der Waals surface area contributed by atoms with Gasteiger partial charge in [-0.05, 0) is 51.0 Å². The summed E-state index contributed by atoms with van der Waals surface area (Å²) >= 11 is 0. The first-order valence-electron chi connectivity index (χ1n) is 12.1. The zero-order valence-corrected chi connectivity index (χ0v) is 20.8. The van der Waals surface area contributed by atoms with Crippen molar-refractivity contribution in [2.45, 2.75) is 64.6 Å². The molecule has 0 aliphatic rings. The number of benzene rings is 2. The Morgan fingerprint density at radius 2 is 1.51 bits per heavy atom. The number of pyridine rings is 1. The normalized spacial score (nSPS) is 12.9. The molecule has 0 aliphatic heterocycles. The van der Waals surface area contributed by atoms with Crippen LogP contribution < -0.4 is 5.32 Å². The summed E-state index contributed by atoms with van der Waals surface area (Å²) in [6, 6.07) is 19.7. The van der Waals surface area contributed by atoms with Crippen LogP contribution in [0.15, 0.2) is 79.1 Å². The van der Waals surface area contributed by atoms with Gasteiger partial charge >= 0.3 is 0 Å². The second-order valence-corrected chi connectivity index (χ2v) is 9.29. The van der Waals surface area contributed by atoms with Crippen molar-refractivity contribution >= 4 is 11.8 Å². The van der Waals surface area contributed by atoms with E-state index >= 15 is 0 Å². The topological polar surface area (TPSA) is 62.3 Å². The summed E-state index contributed by atoms with van der Waals surface area (Å²) in [6.07, 6.45) is 3.45. The third kappa shape index (κ3) is 6.75. The zero-order valence-electron chi connectivity index (χ0n) is 20.8. The van der Waals surface area contributed by atoms with Gasteiger partial charge in [0.25, 0.3) is 0 Å². The van der Waals surface area contributed by atoms with Crippen LogP contribution >= 0.6 is 0 Å². The van der Waals surface area contributed by atoms with Crippen molar-refractivity contribution in [3.8, 4) is 0 Å². The van der Waals surface area contributed by atoms with Crippen molar-refractivity contribution in [2.24, 2.45) is 0 Å². The summed E-state index contributed by atoms with van der Waals surface area (Å²) in [5.74, 6) is -1.67. The Labute approximate surface area is 207 Å². The quantitative estimate of drug-likeness (QED) is 0.425. The minimum Gasteiger partial charge on any atom is -0.352 e. The molecule has 1 heterocycles. The number of carbonyl (C=O) groups excluding carboxylic acids is 2. The van der Waals surface area contributed by atoms with E-state index in [2.05, 4.69) is 10.3 Å². The number of rotatable bonds is 10. The average Bonchev–Trinajstić information content (AvgIpc) is 2.84. The molecule has 0 aliphatic carbocycles. The van der Waals surface area contributed by atoms with E-state index in [0.717, 1.165) is 11.1 Å². The molecule has 5 nitrogen and oxygen atoms in total. The Morgan fingerprint density at radius 1 is 0.886 bits per heavy atom. The second-order valence-electron chi connectivity index (χ2n) is 9.29. The van der Waals surface area contributed by atoms with Gasteiger partial charge in [-0.3, -0.25) is 14.6 Å². The van der Waals surface area contributed by atoms with E-state index in [1.807, 2.05) is 75.1 Å². The van der Waals surface area contributed by atoms with Gasteiger partial charge in [-0.25, -0.2) is 4.39 Å². The molecule has 184 valence electrons. The van der Waals surface area contributed by atoms with Gasteiger partial charge in [-0.15, -0.1) is 0 Å².